The zero-order valence-electron chi connectivity index (χ0n) is 17.6. The first-order chi connectivity index (χ1) is 13.5. The zero-order chi connectivity index (χ0) is 20.6. The summed E-state index contributed by atoms with van der Waals surface area (Å²) >= 11 is 0. The lowest BCUT2D eigenvalue weighted by atomic mass is 10.1. The molecule has 1 atom stereocenters. The van der Waals surface area contributed by atoms with Crippen LogP contribution in [0, 0.1) is 6.92 Å². The second-order valence-electron chi connectivity index (χ2n) is 6.55. The maximum Gasteiger partial charge on any atom is 0.357 e. The van der Waals surface area contributed by atoms with Gasteiger partial charge in [-0.3, -0.25) is 4.57 Å². The molecular formula is C22H33N2O3P. The van der Waals surface area contributed by atoms with Crippen LogP contribution < -0.4 is 10.2 Å². The van der Waals surface area contributed by atoms with Crippen molar-refractivity contribution >= 4 is 19.0 Å². The van der Waals surface area contributed by atoms with Crippen LogP contribution in [0.15, 0.2) is 48.5 Å². The fraction of sp³-hybridized carbons (Fsp3) is 0.455. The van der Waals surface area contributed by atoms with Gasteiger partial charge in [0.05, 0.1) is 13.2 Å². The van der Waals surface area contributed by atoms with Gasteiger partial charge < -0.3 is 19.3 Å². The van der Waals surface area contributed by atoms with Gasteiger partial charge in [-0.25, -0.2) is 0 Å². The molecule has 1 unspecified atom stereocenters. The Balaban J connectivity index is 2.41. The molecule has 0 saturated carbocycles. The van der Waals surface area contributed by atoms with Crippen molar-refractivity contribution in [1.82, 2.24) is 0 Å². The SMILES string of the molecule is CCOP(=O)(OCC)C(Nc1ccc(C)cc1)c1ccc(N(CC)CC)cc1. The summed E-state index contributed by atoms with van der Waals surface area (Å²) in [5.74, 6) is -0.583. The van der Waals surface area contributed by atoms with Gasteiger partial charge in [0.2, 0.25) is 0 Å². The molecular weight excluding hydrogens is 371 g/mol. The molecule has 0 heterocycles. The van der Waals surface area contributed by atoms with E-state index in [4.69, 9.17) is 9.05 Å². The van der Waals surface area contributed by atoms with Crippen molar-refractivity contribution in [3.05, 3.63) is 59.7 Å². The third kappa shape index (κ3) is 5.60. The molecule has 0 spiro atoms. The van der Waals surface area contributed by atoms with Crippen molar-refractivity contribution in [2.45, 2.75) is 40.4 Å². The number of nitrogens with zero attached hydrogens (tertiary/aromatic N) is 1. The van der Waals surface area contributed by atoms with Gasteiger partial charge in [-0.2, -0.15) is 0 Å². The van der Waals surface area contributed by atoms with E-state index in [1.54, 1.807) is 0 Å². The average Bonchev–Trinajstić information content (AvgIpc) is 2.69. The predicted molar refractivity (Wildman–Crippen MR) is 118 cm³/mol. The van der Waals surface area contributed by atoms with Crippen molar-refractivity contribution in [3.8, 4) is 0 Å². The minimum atomic E-state index is -3.41. The second-order valence-corrected chi connectivity index (χ2v) is 8.66. The highest BCUT2D eigenvalue weighted by Crippen LogP contribution is 2.60. The lowest BCUT2D eigenvalue weighted by Gasteiger charge is -2.29. The van der Waals surface area contributed by atoms with Crippen LogP contribution in [0.2, 0.25) is 0 Å². The number of anilines is 2. The van der Waals surface area contributed by atoms with E-state index < -0.39 is 13.4 Å². The van der Waals surface area contributed by atoms with Crippen molar-refractivity contribution in [2.24, 2.45) is 0 Å². The Bertz CT molecular complexity index is 748. The highest BCUT2D eigenvalue weighted by molar-refractivity contribution is 7.54. The Morgan fingerprint density at radius 2 is 1.43 bits per heavy atom. The molecule has 0 radical (unpaired) electrons. The third-order valence-corrected chi connectivity index (χ3v) is 6.92. The van der Waals surface area contributed by atoms with Crippen molar-refractivity contribution in [2.75, 3.05) is 36.5 Å². The molecule has 0 fully saturated rings. The van der Waals surface area contributed by atoms with Gasteiger partial charge in [0.15, 0.2) is 5.78 Å². The molecule has 6 heteroatoms. The Kier molecular flexibility index (Phi) is 8.56. The normalized spacial score (nSPS) is 12.6. The molecule has 1 N–H and O–H groups in total. The van der Waals surface area contributed by atoms with Crippen molar-refractivity contribution in [1.29, 1.82) is 0 Å². The van der Waals surface area contributed by atoms with Crippen LogP contribution in [0.3, 0.4) is 0 Å². The van der Waals surface area contributed by atoms with Gasteiger partial charge in [0.1, 0.15) is 0 Å². The first-order valence-electron chi connectivity index (χ1n) is 10.0. The molecule has 0 aromatic heterocycles. The lowest BCUT2D eigenvalue weighted by Crippen LogP contribution is -2.22. The number of rotatable bonds is 11. The largest absolute Gasteiger partial charge is 0.372 e. The standard InChI is InChI=1S/C22H33N2O3P/c1-6-24(7-2)21-16-12-19(13-17-21)22(28(25,26-8-3)27-9-4)23-20-14-10-18(5)11-15-20/h10-17,22-23H,6-9H2,1-5H3. The molecule has 154 valence electrons. The van der Waals surface area contributed by atoms with Gasteiger partial charge in [-0.05, 0) is 64.4 Å². The van der Waals surface area contributed by atoms with Crippen LogP contribution in [-0.4, -0.2) is 26.3 Å². The number of hydrogen-bond donors (Lipinski definition) is 1. The number of hydrogen-bond acceptors (Lipinski definition) is 5. The predicted octanol–water partition coefficient (Wildman–Crippen LogP) is 6.22. The fourth-order valence-electron chi connectivity index (χ4n) is 3.16. The summed E-state index contributed by atoms with van der Waals surface area (Å²) in [6.45, 7) is 12.5. The second kappa shape index (κ2) is 10.7. The maximum absolute atomic E-state index is 13.6. The summed E-state index contributed by atoms with van der Waals surface area (Å²) in [4.78, 5) is 2.27. The van der Waals surface area contributed by atoms with Crippen LogP contribution in [0.1, 0.15) is 44.6 Å². The molecule has 2 aromatic rings. The van der Waals surface area contributed by atoms with Crippen molar-refractivity contribution < 1.29 is 13.6 Å². The van der Waals surface area contributed by atoms with E-state index >= 15 is 0 Å². The Labute approximate surface area is 169 Å². The van der Waals surface area contributed by atoms with Gasteiger partial charge in [0.25, 0.3) is 0 Å². The molecule has 0 aliphatic heterocycles. The van der Waals surface area contributed by atoms with E-state index in [1.807, 2.05) is 57.2 Å². The molecule has 28 heavy (non-hydrogen) atoms. The smallest absolute Gasteiger partial charge is 0.357 e. The summed E-state index contributed by atoms with van der Waals surface area (Å²) in [6.07, 6.45) is 0. The summed E-state index contributed by atoms with van der Waals surface area (Å²) in [7, 11) is -3.41. The van der Waals surface area contributed by atoms with E-state index in [-0.39, 0.29) is 0 Å². The topological polar surface area (TPSA) is 50.8 Å². The molecule has 0 saturated heterocycles. The quantitative estimate of drug-likeness (QED) is 0.451. The van der Waals surface area contributed by atoms with E-state index in [9.17, 15) is 4.57 Å². The molecule has 0 bridgehead atoms. The van der Waals surface area contributed by atoms with E-state index in [1.165, 1.54) is 5.56 Å². The van der Waals surface area contributed by atoms with Crippen LogP contribution in [0.4, 0.5) is 11.4 Å². The highest BCUT2D eigenvalue weighted by atomic mass is 31.2. The Morgan fingerprint density at radius 3 is 1.89 bits per heavy atom. The fourth-order valence-corrected chi connectivity index (χ4v) is 5.09. The molecule has 2 rings (SSSR count). The van der Waals surface area contributed by atoms with E-state index in [2.05, 4.69) is 36.2 Å². The average molecular weight is 404 g/mol. The van der Waals surface area contributed by atoms with Gasteiger partial charge in [-0.1, -0.05) is 29.8 Å². The zero-order valence-corrected chi connectivity index (χ0v) is 18.5. The minimum Gasteiger partial charge on any atom is -0.372 e. The molecule has 0 aliphatic rings. The van der Waals surface area contributed by atoms with Gasteiger partial charge in [0, 0.05) is 24.5 Å². The van der Waals surface area contributed by atoms with Gasteiger partial charge >= 0.3 is 7.60 Å². The maximum atomic E-state index is 13.6. The third-order valence-electron chi connectivity index (χ3n) is 4.63. The van der Waals surface area contributed by atoms with Crippen LogP contribution in [-0.2, 0) is 13.6 Å². The summed E-state index contributed by atoms with van der Waals surface area (Å²) in [6, 6.07) is 16.1. The summed E-state index contributed by atoms with van der Waals surface area (Å²) in [5, 5.41) is 3.38. The summed E-state index contributed by atoms with van der Waals surface area (Å²) in [5.41, 5.74) is 4.07. The molecule has 0 amide bonds. The first-order valence-corrected chi connectivity index (χ1v) is 11.6. The molecule has 0 aliphatic carbocycles. The molecule has 2 aromatic carbocycles. The van der Waals surface area contributed by atoms with Crippen molar-refractivity contribution in [3.63, 3.8) is 0 Å². The molecule has 5 nitrogen and oxygen atoms in total. The van der Waals surface area contributed by atoms with Crippen LogP contribution in [0.25, 0.3) is 0 Å². The van der Waals surface area contributed by atoms with E-state index in [0.29, 0.717) is 13.2 Å². The monoisotopic (exact) mass is 404 g/mol. The highest BCUT2D eigenvalue weighted by Gasteiger charge is 2.37. The number of nitrogens with one attached hydrogen (secondary N) is 1. The van der Waals surface area contributed by atoms with E-state index in [0.717, 1.165) is 30.0 Å². The Morgan fingerprint density at radius 1 is 0.893 bits per heavy atom. The van der Waals surface area contributed by atoms with Gasteiger partial charge in [-0.15, -0.1) is 0 Å². The van der Waals surface area contributed by atoms with Crippen LogP contribution in [0.5, 0.6) is 0 Å². The number of benzene rings is 2. The summed E-state index contributed by atoms with van der Waals surface area (Å²) < 4.78 is 24.9. The number of aryl methyl sites for hydroxylation is 1. The van der Waals surface area contributed by atoms with Crippen LogP contribution >= 0.6 is 7.60 Å². The first kappa shape index (κ1) is 22.5. The Hall–Kier alpha value is -1.81. The lowest BCUT2D eigenvalue weighted by molar-refractivity contribution is 0.214. The minimum absolute atomic E-state index is 0.320.